The van der Waals surface area contributed by atoms with Gasteiger partial charge in [0.1, 0.15) is 5.75 Å². The summed E-state index contributed by atoms with van der Waals surface area (Å²) in [5, 5.41) is 13.4. The molecule has 0 saturated heterocycles. The van der Waals surface area contributed by atoms with Crippen molar-refractivity contribution in [2.24, 2.45) is 0 Å². The molecule has 138 valence electrons. The van der Waals surface area contributed by atoms with Gasteiger partial charge in [0.2, 0.25) is 0 Å². The Morgan fingerprint density at radius 2 is 1.92 bits per heavy atom. The lowest BCUT2D eigenvalue weighted by Gasteiger charge is -2.25. The van der Waals surface area contributed by atoms with E-state index < -0.39 is 23.6 Å². The van der Waals surface area contributed by atoms with Crippen molar-refractivity contribution in [2.75, 3.05) is 12.4 Å². The van der Waals surface area contributed by atoms with Crippen LogP contribution in [0.25, 0.3) is 0 Å². The summed E-state index contributed by atoms with van der Waals surface area (Å²) in [6.07, 6.45) is 0. The monoisotopic (exact) mass is 365 g/mol. The maximum absolute atomic E-state index is 12.4. The predicted octanol–water partition coefficient (Wildman–Crippen LogP) is 4.42. The minimum absolute atomic E-state index is 0.0694. The van der Waals surface area contributed by atoms with E-state index in [1.807, 2.05) is 0 Å². The fraction of sp³-hybridized carbons (Fsp3) is 0.235. The third-order valence-electron chi connectivity index (χ3n) is 3.78. The topological polar surface area (TPSA) is 84.7 Å². The van der Waals surface area contributed by atoms with E-state index in [2.05, 4.69) is 10.1 Å². The number of rotatable bonds is 6. The minimum atomic E-state index is -2.96. The average Bonchev–Trinajstić information content (AvgIpc) is 2.60. The SMILES string of the molecule is CC(c1cccc([N+](=O)[O-])c1)N(C)C(=O)Nc1cccc(OC(F)F)c1. The molecule has 0 heterocycles. The molecule has 2 amide bonds. The second-order valence-electron chi connectivity index (χ2n) is 5.48. The number of carbonyl (C=O) groups is 1. The van der Waals surface area contributed by atoms with Crippen LogP contribution < -0.4 is 10.1 Å². The predicted molar refractivity (Wildman–Crippen MR) is 91.4 cm³/mol. The zero-order valence-electron chi connectivity index (χ0n) is 14.1. The Morgan fingerprint density at radius 3 is 2.58 bits per heavy atom. The zero-order valence-corrected chi connectivity index (χ0v) is 14.1. The number of nitrogens with one attached hydrogen (secondary N) is 1. The van der Waals surface area contributed by atoms with E-state index in [-0.39, 0.29) is 17.1 Å². The van der Waals surface area contributed by atoms with E-state index in [0.717, 1.165) is 0 Å². The third-order valence-corrected chi connectivity index (χ3v) is 3.78. The second kappa shape index (κ2) is 8.24. The Bertz CT molecular complexity index is 801. The number of carbonyl (C=O) groups excluding carboxylic acids is 1. The molecule has 1 unspecified atom stereocenters. The van der Waals surface area contributed by atoms with Crippen LogP contribution >= 0.6 is 0 Å². The van der Waals surface area contributed by atoms with Crippen LogP contribution in [-0.2, 0) is 0 Å². The summed E-state index contributed by atoms with van der Waals surface area (Å²) < 4.78 is 28.8. The van der Waals surface area contributed by atoms with Gasteiger partial charge < -0.3 is 15.0 Å². The number of urea groups is 1. The van der Waals surface area contributed by atoms with Gasteiger partial charge in [0, 0.05) is 30.9 Å². The van der Waals surface area contributed by atoms with Crippen LogP contribution in [0.4, 0.5) is 25.0 Å². The number of benzene rings is 2. The average molecular weight is 365 g/mol. The molecule has 0 saturated carbocycles. The first-order valence-corrected chi connectivity index (χ1v) is 7.61. The molecular weight excluding hydrogens is 348 g/mol. The Kier molecular flexibility index (Phi) is 6.05. The molecule has 0 spiro atoms. The molecule has 0 aliphatic heterocycles. The van der Waals surface area contributed by atoms with Crippen molar-refractivity contribution < 1.29 is 23.2 Å². The van der Waals surface area contributed by atoms with Gasteiger partial charge in [-0.3, -0.25) is 10.1 Å². The van der Waals surface area contributed by atoms with Crippen molar-refractivity contribution in [3.8, 4) is 5.75 Å². The van der Waals surface area contributed by atoms with Gasteiger partial charge >= 0.3 is 12.6 Å². The Morgan fingerprint density at radius 1 is 1.23 bits per heavy atom. The van der Waals surface area contributed by atoms with Crippen LogP contribution in [0.15, 0.2) is 48.5 Å². The normalized spacial score (nSPS) is 11.7. The summed E-state index contributed by atoms with van der Waals surface area (Å²) in [4.78, 5) is 24.1. The summed E-state index contributed by atoms with van der Waals surface area (Å²) in [6, 6.07) is 10.6. The molecule has 2 rings (SSSR count). The maximum atomic E-state index is 12.4. The van der Waals surface area contributed by atoms with Gasteiger partial charge in [0.15, 0.2) is 0 Å². The molecule has 7 nitrogen and oxygen atoms in total. The van der Waals surface area contributed by atoms with Crippen molar-refractivity contribution in [3.05, 3.63) is 64.2 Å². The molecule has 0 aliphatic carbocycles. The van der Waals surface area contributed by atoms with Gasteiger partial charge in [0.25, 0.3) is 5.69 Å². The number of hydrogen-bond acceptors (Lipinski definition) is 4. The lowest BCUT2D eigenvalue weighted by molar-refractivity contribution is -0.384. The smallest absolute Gasteiger partial charge is 0.387 e. The molecule has 9 heteroatoms. The van der Waals surface area contributed by atoms with Crippen molar-refractivity contribution in [2.45, 2.75) is 19.6 Å². The van der Waals surface area contributed by atoms with Crippen LogP contribution in [0.3, 0.4) is 0 Å². The van der Waals surface area contributed by atoms with E-state index in [4.69, 9.17) is 0 Å². The highest BCUT2D eigenvalue weighted by Crippen LogP contribution is 2.24. The highest BCUT2D eigenvalue weighted by molar-refractivity contribution is 5.89. The number of alkyl halides is 2. The van der Waals surface area contributed by atoms with Crippen LogP contribution in [-0.4, -0.2) is 29.5 Å². The van der Waals surface area contributed by atoms with E-state index >= 15 is 0 Å². The third kappa shape index (κ3) is 4.88. The Labute approximate surface area is 148 Å². The summed E-state index contributed by atoms with van der Waals surface area (Å²) in [7, 11) is 1.53. The lowest BCUT2D eigenvalue weighted by Crippen LogP contribution is -2.33. The maximum Gasteiger partial charge on any atom is 0.387 e. The minimum Gasteiger partial charge on any atom is -0.435 e. The Balaban J connectivity index is 2.09. The van der Waals surface area contributed by atoms with Crippen molar-refractivity contribution in [3.63, 3.8) is 0 Å². The van der Waals surface area contributed by atoms with Gasteiger partial charge in [-0.05, 0) is 24.6 Å². The largest absolute Gasteiger partial charge is 0.435 e. The van der Waals surface area contributed by atoms with E-state index in [0.29, 0.717) is 5.56 Å². The zero-order chi connectivity index (χ0) is 19.3. The number of non-ortho nitro benzene ring substituents is 1. The van der Waals surface area contributed by atoms with Gasteiger partial charge in [-0.15, -0.1) is 0 Å². The highest BCUT2D eigenvalue weighted by Gasteiger charge is 2.19. The van der Waals surface area contributed by atoms with Crippen LogP contribution in [0.2, 0.25) is 0 Å². The first-order chi connectivity index (χ1) is 12.3. The molecule has 1 atom stereocenters. The second-order valence-corrected chi connectivity index (χ2v) is 5.48. The molecule has 2 aromatic carbocycles. The molecule has 2 aromatic rings. The van der Waals surface area contributed by atoms with Crippen molar-refractivity contribution in [1.82, 2.24) is 4.90 Å². The van der Waals surface area contributed by atoms with E-state index in [9.17, 15) is 23.7 Å². The first kappa shape index (κ1) is 19.1. The number of anilines is 1. The van der Waals surface area contributed by atoms with E-state index in [1.54, 1.807) is 19.1 Å². The molecule has 26 heavy (non-hydrogen) atoms. The van der Waals surface area contributed by atoms with Crippen LogP contribution in [0.1, 0.15) is 18.5 Å². The molecule has 0 aliphatic rings. The number of nitro benzene ring substituents is 1. The number of hydrogen-bond donors (Lipinski definition) is 1. The van der Waals surface area contributed by atoms with Gasteiger partial charge in [-0.1, -0.05) is 18.2 Å². The number of ether oxygens (including phenoxy) is 1. The van der Waals surface area contributed by atoms with Gasteiger partial charge in [-0.2, -0.15) is 8.78 Å². The standard InChI is InChI=1S/C17H17F2N3O4/c1-11(12-5-3-7-14(9-12)22(24)25)21(2)17(23)20-13-6-4-8-15(10-13)26-16(18)19/h3-11,16H,1-2H3,(H,20,23). The summed E-state index contributed by atoms with van der Waals surface area (Å²) in [5.41, 5.74) is 0.804. The summed E-state index contributed by atoms with van der Waals surface area (Å²) in [6.45, 7) is -1.24. The molecule has 0 fully saturated rings. The highest BCUT2D eigenvalue weighted by atomic mass is 19.3. The Hall–Kier alpha value is -3.23. The van der Waals surface area contributed by atoms with Gasteiger partial charge in [0.05, 0.1) is 11.0 Å². The molecule has 0 bridgehead atoms. The molecule has 0 aromatic heterocycles. The fourth-order valence-electron chi connectivity index (χ4n) is 2.26. The number of nitro groups is 1. The lowest BCUT2D eigenvalue weighted by atomic mass is 10.1. The van der Waals surface area contributed by atoms with Crippen molar-refractivity contribution >= 4 is 17.4 Å². The van der Waals surface area contributed by atoms with E-state index in [1.165, 1.54) is 48.3 Å². The quantitative estimate of drug-likeness (QED) is 0.606. The van der Waals surface area contributed by atoms with Crippen LogP contribution in [0, 0.1) is 10.1 Å². The first-order valence-electron chi connectivity index (χ1n) is 7.61. The number of amides is 2. The van der Waals surface area contributed by atoms with Gasteiger partial charge in [-0.25, -0.2) is 4.79 Å². The number of nitrogens with zero attached hydrogens (tertiary/aromatic N) is 2. The molecule has 0 radical (unpaired) electrons. The van der Waals surface area contributed by atoms with Crippen LogP contribution in [0.5, 0.6) is 5.75 Å². The summed E-state index contributed by atoms with van der Waals surface area (Å²) in [5.74, 6) is -0.0767. The molecule has 1 N–H and O–H groups in total. The fourth-order valence-corrected chi connectivity index (χ4v) is 2.26. The number of halogens is 2. The summed E-state index contributed by atoms with van der Waals surface area (Å²) >= 11 is 0. The molecular formula is C17H17F2N3O4. The van der Waals surface area contributed by atoms with Crippen molar-refractivity contribution in [1.29, 1.82) is 0 Å².